The zero-order valence-corrected chi connectivity index (χ0v) is 13.3. The van der Waals surface area contributed by atoms with Gasteiger partial charge in [-0.25, -0.2) is 8.42 Å². The van der Waals surface area contributed by atoms with E-state index >= 15 is 0 Å². The Morgan fingerprint density at radius 3 is 2.05 bits per heavy atom. The summed E-state index contributed by atoms with van der Waals surface area (Å²) >= 11 is 0. The van der Waals surface area contributed by atoms with Crippen LogP contribution in [-0.4, -0.2) is 49.8 Å². The molecular formula is C12H25F3N2O2S. The highest BCUT2D eigenvalue weighted by Gasteiger charge is 2.37. The van der Waals surface area contributed by atoms with Crippen molar-refractivity contribution in [1.82, 2.24) is 9.62 Å². The van der Waals surface area contributed by atoms with Crippen LogP contribution in [0.25, 0.3) is 0 Å². The third-order valence-corrected chi connectivity index (χ3v) is 4.72. The first-order chi connectivity index (χ1) is 8.96. The third-order valence-electron chi connectivity index (χ3n) is 2.65. The third kappa shape index (κ3) is 8.76. The van der Waals surface area contributed by atoms with Crippen molar-refractivity contribution in [2.75, 3.05) is 18.8 Å². The highest BCUT2D eigenvalue weighted by atomic mass is 32.2. The van der Waals surface area contributed by atoms with Crippen molar-refractivity contribution in [3.63, 3.8) is 0 Å². The molecule has 0 fully saturated rings. The molecule has 0 rings (SSSR count). The Balaban J connectivity index is 4.42. The number of halogens is 3. The van der Waals surface area contributed by atoms with E-state index in [0.717, 1.165) is 0 Å². The van der Waals surface area contributed by atoms with Crippen molar-refractivity contribution in [1.29, 1.82) is 0 Å². The van der Waals surface area contributed by atoms with Gasteiger partial charge < -0.3 is 5.32 Å². The fourth-order valence-corrected chi connectivity index (χ4v) is 3.49. The number of rotatable bonds is 9. The minimum absolute atomic E-state index is 0.249. The maximum absolute atomic E-state index is 12.4. The molecule has 0 aromatic heterocycles. The van der Waals surface area contributed by atoms with Gasteiger partial charge >= 0.3 is 6.18 Å². The zero-order valence-electron chi connectivity index (χ0n) is 12.5. The summed E-state index contributed by atoms with van der Waals surface area (Å²) in [7, 11) is -3.87. The first kappa shape index (κ1) is 19.7. The topological polar surface area (TPSA) is 49.4 Å². The number of sulfonamides is 1. The van der Waals surface area contributed by atoms with Gasteiger partial charge in [0, 0.05) is 12.1 Å². The highest BCUT2D eigenvalue weighted by Crippen LogP contribution is 2.21. The SMILES string of the molecule is CC(C)NCCCCS(=O)(=O)N(CC(F)(F)F)C(C)C. The van der Waals surface area contributed by atoms with E-state index in [1.807, 2.05) is 13.8 Å². The molecule has 0 aromatic carbocycles. The summed E-state index contributed by atoms with van der Waals surface area (Å²) < 4.78 is 61.7. The minimum Gasteiger partial charge on any atom is -0.315 e. The van der Waals surface area contributed by atoms with E-state index in [1.54, 1.807) is 0 Å². The van der Waals surface area contributed by atoms with Crippen LogP contribution in [0.2, 0.25) is 0 Å². The lowest BCUT2D eigenvalue weighted by molar-refractivity contribution is -0.138. The second-order valence-electron chi connectivity index (χ2n) is 5.39. The van der Waals surface area contributed by atoms with Crippen LogP contribution in [0, 0.1) is 0 Å². The fourth-order valence-electron chi connectivity index (χ4n) is 1.70. The highest BCUT2D eigenvalue weighted by molar-refractivity contribution is 7.89. The van der Waals surface area contributed by atoms with Crippen LogP contribution >= 0.6 is 0 Å². The molecule has 0 radical (unpaired) electrons. The van der Waals surface area contributed by atoms with Crippen LogP contribution < -0.4 is 5.32 Å². The summed E-state index contributed by atoms with van der Waals surface area (Å²) in [5.41, 5.74) is 0. The Kier molecular flexibility index (Phi) is 8.05. The molecule has 1 N–H and O–H groups in total. The molecule has 0 aromatic rings. The van der Waals surface area contributed by atoms with Gasteiger partial charge in [0.2, 0.25) is 10.0 Å². The van der Waals surface area contributed by atoms with E-state index in [1.165, 1.54) is 13.8 Å². The minimum atomic E-state index is -4.52. The summed E-state index contributed by atoms with van der Waals surface area (Å²) in [6, 6.07) is -0.389. The van der Waals surface area contributed by atoms with E-state index in [-0.39, 0.29) is 5.75 Å². The van der Waals surface area contributed by atoms with Crippen molar-refractivity contribution >= 4 is 10.0 Å². The van der Waals surface area contributed by atoms with E-state index in [4.69, 9.17) is 0 Å². The largest absolute Gasteiger partial charge is 0.402 e. The lowest BCUT2D eigenvalue weighted by atomic mass is 10.3. The zero-order chi connectivity index (χ0) is 16.0. The van der Waals surface area contributed by atoms with E-state index in [2.05, 4.69) is 5.32 Å². The molecule has 0 heterocycles. The number of hydrogen-bond donors (Lipinski definition) is 1. The monoisotopic (exact) mass is 318 g/mol. The molecule has 122 valence electrons. The van der Waals surface area contributed by atoms with Crippen molar-refractivity contribution in [3.05, 3.63) is 0 Å². The molecule has 0 amide bonds. The Morgan fingerprint density at radius 2 is 1.65 bits per heavy atom. The number of alkyl halides is 3. The fraction of sp³-hybridized carbons (Fsp3) is 1.00. The van der Waals surface area contributed by atoms with Gasteiger partial charge in [0.05, 0.1) is 5.75 Å². The van der Waals surface area contributed by atoms with Crippen LogP contribution in [-0.2, 0) is 10.0 Å². The Hall–Kier alpha value is -0.340. The summed E-state index contributed by atoms with van der Waals surface area (Å²) in [6.45, 7) is 6.08. The number of hydrogen-bond acceptors (Lipinski definition) is 3. The Labute approximate surface area is 119 Å². The number of nitrogens with one attached hydrogen (secondary N) is 1. The number of unbranched alkanes of at least 4 members (excludes halogenated alkanes) is 1. The van der Waals surface area contributed by atoms with Crippen LogP contribution in [0.3, 0.4) is 0 Å². The maximum Gasteiger partial charge on any atom is 0.402 e. The normalized spacial score (nSPS) is 13.7. The Morgan fingerprint density at radius 1 is 1.10 bits per heavy atom. The lowest BCUT2D eigenvalue weighted by Gasteiger charge is -2.26. The summed E-state index contributed by atoms with van der Waals surface area (Å²) in [4.78, 5) is 0. The molecule has 0 aliphatic heterocycles. The molecule has 0 saturated heterocycles. The summed E-state index contributed by atoms with van der Waals surface area (Å²) in [5, 5.41) is 3.13. The molecule has 0 bridgehead atoms. The molecule has 0 unspecified atom stereocenters. The van der Waals surface area contributed by atoms with Crippen molar-refractivity contribution in [2.45, 2.75) is 58.8 Å². The molecule has 0 atom stereocenters. The molecule has 0 aliphatic rings. The van der Waals surface area contributed by atoms with Crippen molar-refractivity contribution in [2.24, 2.45) is 0 Å². The van der Waals surface area contributed by atoms with Gasteiger partial charge in [-0.1, -0.05) is 13.8 Å². The average molecular weight is 318 g/mol. The van der Waals surface area contributed by atoms with E-state index < -0.39 is 28.8 Å². The lowest BCUT2D eigenvalue weighted by Crippen LogP contribution is -2.44. The molecule has 20 heavy (non-hydrogen) atoms. The molecular weight excluding hydrogens is 293 g/mol. The Bertz CT molecular complexity index is 367. The average Bonchev–Trinajstić information content (AvgIpc) is 2.23. The molecule has 0 spiro atoms. The predicted octanol–water partition coefficient (Wildman–Crippen LogP) is 2.37. The summed E-state index contributed by atoms with van der Waals surface area (Å²) in [6.07, 6.45) is -3.55. The van der Waals surface area contributed by atoms with Crippen molar-refractivity contribution in [3.8, 4) is 0 Å². The first-order valence-electron chi connectivity index (χ1n) is 6.75. The first-order valence-corrected chi connectivity index (χ1v) is 8.36. The number of nitrogens with zero attached hydrogens (tertiary/aromatic N) is 1. The standard InChI is InChI=1S/C12H25F3N2O2S/c1-10(2)16-7-5-6-8-20(18,19)17(11(3)4)9-12(13,14)15/h10-11,16H,5-9H2,1-4H3. The summed E-state index contributed by atoms with van der Waals surface area (Å²) in [5.74, 6) is -0.249. The van der Waals surface area contributed by atoms with Crippen molar-refractivity contribution < 1.29 is 21.6 Å². The molecule has 0 aliphatic carbocycles. The van der Waals surface area contributed by atoms with Gasteiger partial charge in [-0.05, 0) is 33.2 Å². The van der Waals surface area contributed by atoms with Gasteiger partial charge in [-0.2, -0.15) is 17.5 Å². The second kappa shape index (κ2) is 8.19. The van der Waals surface area contributed by atoms with Crippen LogP contribution in [0.4, 0.5) is 13.2 Å². The quantitative estimate of drug-likeness (QED) is 0.664. The van der Waals surface area contributed by atoms with Gasteiger partial charge in [0.1, 0.15) is 6.54 Å². The molecule has 0 saturated carbocycles. The smallest absolute Gasteiger partial charge is 0.315 e. The molecule has 8 heteroatoms. The van der Waals surface area contributed by atoms with E-state index in [9.17, 15) is 21.6 Å². The maximum atomic E-state index is 12.4. The van der Waals surface area contributed by atoms with Gasteiger partial charge in [-0.15, -0.1) is 0 Å². The van der Waals surface area contributed by atoms with Crippen LogP contribution in [0.5, 0.6) is 0 Å². The van der Waals surface area contributed by atoms with Gasteiger partial charge in [0.15, 0.2) is 0 Å². The van der Waals surface area contributed by atoms with E-state index in [0.29, 0.717) is 29.7 Å². The predicted molar refractivity (Wildman–Crippen MR) is 74.1 cm³/mol. The van der Waals surface area contributed by atoms with Crippen LogP contribution in [0.1, 0.15) is 40.5 Å². The van der Waals surface area contributed by atoms with Gasteiger partial charge in [-0.3, -0.25) is 0 Å². The second-order valence-corrected chi connectivity index (χ2v) is 7.43. The van der Waals surface area contributed by atoms with Gasteiger partial charge in [0.25, 0.3) is 0 Å². The molecule has 4 nitrogen and oxygen atoms in total. The van der Waals surface area contributed by atoms with Crippen LogP contribution in [0.15, 0.2) is 0 Å².